The monoisotopic (exact) mass is 793 g/mol. The highest BCUT2D eigenvalue weighted by atomic mass is 32.1. The van der Waals surface area contributed by atoms with Gasteiger partial charge in [-0.2, -0.15) is 21.7 Å². The summed E-state index contributed by atoms with van der Waals surface area (Å²) in [5.74, 6) is 0.138. The molecule has 0 spiro atoms. The van der Waals surface area contributed by atoms with Crippen molar-refractivity contribution in [3.63, 3.8) is 0 Å². The van der Waals surface area contributed by atoms with Gasteiger partial charge in [-0.15, -0.1) is 0 Å². The molecule has 16 heteroatoms. The molecule has 0 amide bonds. The Balaban J connectivity index is 1.14. The van der Waals surface area contributed by atoms with Gasteiger partial charge in [0.1, 0.15) is 42.3 Å². The van der Waals surface area contributed by atoms with Crippen molar-refractivity contribution in [3.05, 3.63) is 46.5 Å². The number of phosphoric ester groups is 1. The molecule has 14 nitrogen and oxygen atoms in total. The third kappa shape index (κ3) is 13.6. The van der Waals surface area contributed by atoms with Crippen LogP contribution in [0.1, 0.15) is 121 Å². The maximum absolute atomic E-state index is 12.9. The molecular formula is C38H60N5O9PS. The molecule has 0 saturated carbocycles. The predicted molar refractivity (Wildman–Crippen MR) is 207 cm³/mol. The van der Waals surface area contributed by atoms with Crippen LogP contribution in [-0.2, 0) is 40.0 Å². The Morgan fingerprint density at radius 1 is 0.981 bits per heavy atom. The van der Waals surface area contributed by atoms with E-state index >= 15 is 0 Å². The molecule has 0 aromatic carbocycles. The zero-order chi connectivity index (χ0) is 38.7. The first-order valence-electron chi connectivity index (χ1n) is 19.6. The van der Waals surface area contributed by atoms with Gasteiger partial charge in [0.25, 0.3) is 0 Å². The summed E-state index contributed by atoms with van der Waals surface area (Å²) >= 11 is 1.54. The van der Waals surface area contributed by atoms with E-state index < -0.39 is 44.4 Å². The van der Waals surface area contributed by atoms with E-state index in [1.54, 1.807) is 17.4 Å². The second-order valence-corrected chi connectivity index (χ2v) is 16.3. The Bertz CT molecular complexity index is 1570. The lowest BCUT2D eigenvalue weighted by Gasteiger charge is -2.24. The zero-order valence-corrected chi connectivity index (χ0v) is 33.3. The first-order chi connectivity index (χ1) is 26.2. The molecule has 302 valence electrons. The van der Waals surface area contributed by atoms with Gasteiger partial charge in [0.05, 0.1) is 32.1 Å². The number of phosphoric acid groups is 1. The van der Waals surface area contributed by atoms with E-state index in [0.29, 0.717) is 12.1 Å². The number of nitrogens with zero attached hydrogens (tertiary/aromatic N) is 4. The van der Waals surface area contributed by atoms with Crippen molar-refractivity contribution < 1.29 is 42.9 Å². The Labute approximate surface area is 323 Å². The van der Waals surface area contributed by atoms with Crippen molar-refractivity contribution in [1.82, 2.24) is 14.6 Å². The molecule has 3 aromatic rings. The summed E-state index contributed by atoms with van der Waals surface area (Å²) < 4.78 is 42.3. The van der Waals surface area contributed by atoms with E-state index in [2.05, 4.69) is 17.0 Å². The molecule has 0 radical (unpaired) electrons. The standard InChI is InChI=1S/C38H60N5O9PS/c1-2-3-4-5-6-7-8-9-10-11-12-13-14-15-16-17-21-48-24-31(49-23-30-20-22-54-27-30)25-50-53(46,47)51-26-33-35(44)36(45)38(28-39,52-33)34-19-18-32-37(40)41-29-42-43(32)34/h18-20,22,27,29,31,33,35-36,44-45H,2-17,21,23-26H2,1H3,(H,46,47)(H2,40,41,42)/t31-,33-,35-,36-,38+/m1/s1. The number of nitriles is 1. The van der Waals surface area contributed by atoms with Crippen LogP contribution in [0.2, 0.25) is 0 Å². The molecule has 1 aliphatic rings. The lowest BCUT2D eigenvalue weighted by atomic mass is 9.92. The zero-order valence-electron chi connectivity index (χ0n) is 31.6. The minimum atomic E-state index is -4.69. The van der Waals surface area contributed by atoms with Crippen LogP contribution in [0.3, 0.4) is 0 Å². The van der Waals surface area contributed by atoms with Gasteiger partial charge < -0.3 is 35.1 Å². The highest BCUT2D eigenvalue weighted by molar-refractivity contribution is 7.47. The SMILES string of the molecule is CCCCCCCCCCCCCCCCCCOC[C@H](COP(=O)(O)OC[C@H]1O[C@@](C#N)(c2ccc3c(N)ncnn23)[C@H](O)[C@@H]1O)OCc1ccsc1. The average Bonchev–Trinajstić information content (AvgIpc) is 3.91. The molecule has 0 bridgehead atoms. The van der Waals surface area contributed by atoms with Crippen LogP contribution in [0, 0.1) is 11.3 Å². The van der Waals surface area contributed by atoms with E-state index in [-0.39, 0.29) is 31.3 Å². The Morgan fingerprint density at radius 3 is 2.24 bits per heavy atom. The van der Waals surface area contributed by atoms with Crippen LogP contribution in [0.5, 0.6) is 0 Å². The fourth-order valence-electron chi connectivity index (χ4n) is 6.63. The molecule has 1 aliphatic heterocycles. The van der Waals surface area contributed by atoms with Crippen molar-refractivity contribution in [1.29, 1.82) is 5.26 Å². The lowest BCUT2D eigenvalue weighted by molar-refractivity contribution is -0.0690. The molecule has 4 rings (SSSR count). The minimum absolute atomic E-state index is 0.0942. The van der Waals surface area contributed by atoms with Crippen LogP contribution < -0.4 is 5.73 Å². The first-order valence-corrected chi connectivity index (χ1v) is 22.0. The number of nitrogens with two attached hydrogens (primary N) is 1. The molecule has 1 unspecified atom stereocenters. The number of anilines is 1. The van der Waals surface area contributed by atoms with Crippen molar-refractivity contribution in [2.75, 3.05) is 32.2 Å². The average molecular weight is 794 g/mol. The topological polar surface area (TPSA) is 204 Å². The van der Waals surface area contributed by atoms with Gasteiger partial charge in [0.2, 0.25) is 5.60 Å². The first kappa shape index (κ1) is 44.2. The fraction of sp³-hybridized carbons (Fsp3) is 0.711. The lowest BCUT2D eigenvalue weighted by Crippen LogP contribution is -2.41. The molecule has 1 saturated heterocycles. The van der Waals surface area contributed by atoms with Crippen molar-refractivity contribution >= 4 is 30.5 Å². The molecule has 1 fully saturated rings. The second kappa shape index (κ2) is 23.6. The van der Waals surface area contributed by atoms with Crippen LogP contribution in [0.4, 0.5) is 5.82 Å². The van der Waals surface area contributed by atoms with Crippen LogP contribution in [0.25, 0.3) is 5.52 Å². The molecule has 6 atom stereocenters. The number of aromatic nitrogens is 3. The number of aliphatic hydroxyl groups is 2. The van der Waals surface area contributed by atoms with Gasteiger partial charge in [0, 0.05) is 6.61 Å². The summed E-state index contributed by atoms with van der Waals surface area (Å²) in [6.45, 7) is 2.28. The number of unbranched alkanes of at least 4 members (excludes halogenated alkanes) is 15. The van der Waals surface area contributed by atoms with Crippen molar-refractivity contribution in [3.8, 4) is 6.07 Å². The Morgan fingerprint density at radius 2 is 1.63 bits per heavy atom. The highest BCUT2D eigenvalue weighted by Crippen LogP contribution is 2.46. The summed E-state index contributed by atoms with van der Waals surface area (Å²) in [7, 11) is -4.69. The highest BCUT2D eigenvalue weighted by Gasteiger charge is 2.58. The Kier molecular flexibility index (Phi) is 19.3. The van der Waals surface area contributed by atoms with Gasteiger partial charge >= 0.3 is 7.82 Å². The molecule has 4 heterocycles. The van der Waals surface area contributed by atoms with Crippen LogP contribution in [0.15, 0.2) is 35.3 Å². The van der Waals surface area contributed by atoms with Gasteiger partial charge in [0.15, 0.2) is 5.82 Å². The third-order valence-electron chi connectivity index (χ3n) is 9.82. The number of aliphatic hydroxyl groups excluding tert-OH is 2. The molecule has 54 heavy (non-hydrogen) atoms. The van der Waals surface area contributed by atoms with Crippen LogP contribution >= 0.6 is 19.2 Å². The number of fused-ring (bicyclic) bond motifs is 1. The number of nitrogen functional groups attached to an aromatic ring is 1. The molecule has 3 aromatic heterocycles. The number of thiophene rings is 1. The van der Waals surface area contributed by atoms with Crippen LogP contribution in [-0.4, -0.2) is 80.5 Å². The normalized spacial score (nSPS) is 21.7. The van der Waals surface area contributed by atoms with Crippen molar-refractivity contribution in [2.45, 2.75) is 146 Å². The summed E-state index contributed by atoms with van der Waals surface area (Å²) in [4.78, 5) is 14.4. The van der Waals surface area contributed by atoms with Gasteiger partial charge in [-0.3, -0.25) is 9.05 Å². The summed E-state index contributed by atoms with van der Waals surface area (Å²) in [6.07, 6.45) is 16.4. The van der Waals surface area contributed by atoms with Crippen molar-refractivity contribution in [2.24, 2.45) is 0 Å². The largest absolute Gasteiger partial charge is 0.472 e. The molecule has 5 N–H and O–H groups in total. The quantitative estimate of drug-likeness (QED) is 0.0406. The number of rotatable bonds is 29. The Hall–Kier alpha value is -2.48. The smallest absolute Gasteiger partial charge is 0.387 e. The summed E-state index contributed by atoms with van der Waals surface area (Å²) in [5.41, 5.74) is 5.25. The predicted octanol–water partition coefficient (Wildman–Crippen LogP) is 7.21. The number of hydrogen-bond donors (Lipinski definition) is 4. The third-order valence-corrected chi connectivity index (χ3v) is 11.5. The van der Waals surface area contributed by atoms with Gasteiger partial charge in [-0.1, -0.05) is 103 Å². The minimum Gasteiger partial charge on any atom is -0.387 e. The van der Waals surface area contributed by atoms with E-state index in [4.69, 9.17) is 29.0 Å². The number of hydrogen-bond acceptors (Lipinski definition) is 13. The van der Waals surface area contributed by atoms with E-state index in [1.807, 2.05) is 22.9 Å². The molecule has 0 aliphatic carbocycles. The van der Waals surface area contributed by atoms with E-state index in [9.17, 15) is 24.9 Å². The summed E-state index contributed by atoms with van der Waals surface area (Å²) in [6, 6.07) is 6.87. The van der Waals surface area contributed by atoms with E-state index in [1.165, 1.54) is 107 Å². The van der Waals surface area contributed by atoms with E-state index in [0.717, 1.165) is 18.4 Å². The molecular weight excluding hydrogens is 733 g/mol. The van der Waals surface area contributed by atoms with Gasteiger partial charge in [-0.05, 0) is 40.9 Å². The second-order valence-electron chi connectivity index (χ2n) is 14.1. The fourth-order valence-corrected chi connectivity index (χ4v) is 8.05. The maximum atomic E-state index is 12.9. The van der Waals surface area contributed by atoms with Gasteiger partial charge in [-0.25, -0.2) is 14.1 Å². The maximum Gasteiger partial charge on any atom is 0.472 e. The summed E-state index contributed by atoms with van der Waals surface area (Å²) in [5, 5.41) is 39.8. The number of ether oxygens (including phenoxy) is 3.